The van der Waals surface area contributed by atoms with Crippen molar-refractivity contribution in [2.45, 2.75) is 71.8 Å². The van der Waals surface area contributed by atoms with Crippen molar-refractivity contribution in [1.29, 1.82) is 5.26 Å². The number of anilines is 1. The Morgan fingerprint density at radius 2 is 1.89 bits per heavy atom. The van der Waals surface area contributed by atoms with Gasteiger partial charge in [0.05, 0.1) is 29.3 Å². The molecular formula is C29H34N4O3. The van der Waals surface area contributed by atoms with Crippen LogP contribution in [0, 0.1) is 16.7 Å². The van der Waals surface area contributed by atoms with Crippen molar-refractivity contribution in [2.24, 2.45) is 5.41 Å². The second kappa shape index (κ2) is 11.4. The first kappa shape index (κ1) is 25.4. The largest absolute Gasteiger partial charge is 0.466 e. The number of esters is 1. The zero-order valence-electron chi connectivity index (χ0n) is 21.2. The third-order valence-corrected chi connectivity index (χ3v) is 7.10. The molecule has 1 amide bonds. The normalized spacial score (nSPS) is 14.8. The average Bonchev–Trinajstić information content (AvgIpc) is 3.21. The number of hydrogen-bond donors (Lipinski definition) is 1. The Balaban J connectivity index is 1.58. The predicted molar refractivity (Wildman–Crippen MR) is 139 cm³/mol. The fourth-order valence-corrected chi connectivity index (χ4v) is 4.98. The summed E-state index contributed by atoms with van der Waals surface area (Å²) in [6.45, 7) is 4.88. The van der Waals surface area contributed by atoms with Crippen molar-refractivity contribution in [1.82, 2.24) is 9.55 Å². The van der Waals surface area contributed by atoms with Crippen LogP contribution in [0.4, 0.5) is 5.69 Å². The Morgan fingerprint density at radius 3 is 2.58 bits per heavy atom. The second-order valence-electron chi connectivity index (χ2n) is 9.85. The lowest BCUT2D eigenvalue weighted by atomic mass is 9.75. The Labute approximate surface area is 212 Å². The van der Waals surface area contributed by atoms with Crippen LogP contribution in [0.5, 0.6) is 0 Å². The molecular weight excluding hydrogens is 452 g/mol. The van der Waals surface area contributed by atoms with Gasteiger partial charge < -0.3 is 14.6 Å². The van der Waals surface area contributed by atoms with Gasteiger partial charge in [0, 0.05) is 30.5 Å². The molecule has 7 nitrogen and oxygen atoms in total. The van der Waals surface area contributed by atoms with Gasteiger partial charge in [-0.3, -0.25) is 9.59 Å². The lowest BCUT2D eigenvalue weighted by Crippen LogP contribution is -2.35. The van der Waals surface area contributed by atoms with Crippen LogP contribution in [-0.4, -0.2) is 28.0 Å². The molecule has 0 atom stereocenters. The van der Waals surface area contributed by atoms with E-state index in [2.05, 4.69) is 22.9 Å². The van der Waals surface area contributed by atoms with Gasteiger partial charge >= 0.3 is 5.97 Å². The molecule has 2 aromatic carbocycles. The highest BCUT2D eigenvalue weighted by atomic mass is 16.5. The summed E-state index contributed by atoms with van der Waals surface area (Å²) in [6, 6.07) is 15.5. The topological polar surface area (TPSA) is 97.0 Å². The van der Waals surface area contributed by atoms with Crippen molar-refractivity contribution < 1.29 is 14.3 Å². The zero-order chi connectivity index (χ0) is 25.5. The maximum Gasteiger partial charge on any atom is 0.305 e. The van der Waals surface area contributed by atoms with Crippen LogP contribution in [0.1, 0.15) is 75.7 Å². The van der Waals surface area contributed by atoms with Crippen molar-refractivity contribution in [3.63, 3.8) is 0 Å². The highest BCUT2D eigenvalue weighted by Gasteiger charge is 2.34. The van der Waals surface area contributed by atoms with E-state index in [1.807, 2.05) is 49.4 Å². The first-order valence-corrected chi connectivity index (χ1v) is 12.9. The molecule has 0 radical (unpaired) electrons. The van der Waals surface area contributed by atoms with Gasteiger partial charge in [-0.2, -0.15) is 5.26 Å². The molecule has 4 rings (SSSR count). The van der Waals surface area contributed by atoms with E-state index >= 15 is 0 Å². The number of fused-ring (bicyclic) bond motifs is 1. The van der Waals surface area contributed by atoms with Crippen LogP contribution >= 0.6 is 0 Å². The number of aromatic nitrogens is 2. The number of nitrogens with zero attached hydrogens (tertiary/aromatic N) is 3. The minimum Gasteiger partial charge on any atom is -0.466 e. The minimum absolute atomic E-state index is 0.0771. The number of amides is 1. The van der Waals surface area contributed by atoms with Gasteiger partial charge in [-0.05, 0) is 62.1 Å². The van der Waals surface area contributed by atoms with Crippen LogP contribution < -0.4 is 5.32 Å². The lowest BCUT2D eigenvalue weighted by Gasteiger charge is -2.32. The maximum absolute atomic E-state index is 13.0. The number of rotatable bonds is 9. The molecule has 1 aliphatic carbocycles. The van der Waals surface area contributed by atoms with Crippen LogP contribution in [0.3, 0.4) is 0 Å². The van der Waals surface area contributed by atoms with Crippen LogP contribution in [-0.2, 0) is 27.3 Å². The molecule has 0 aliphatic heterocycles. The summed E-state index contributed by atoms with van der Waals surface area (Å²) in [7, 11) is 0. The molecule has 0 unspecified atom stereocenters. The number of nitrogens with one attached hydrogen (secondary N) is 1. The van der Waals surface area contributed by atoms with E-state index in [0.29, 0.717) is 38.0 Å². The lowest BCUT2D eigenvalue weighted by molar-refractivity contribution is -0.143. The molecule has 3 aromatic rings. The molecule has 1 heterocycles. The zero-order valence-corrected chi connectivity index (χ0v) is 21.2. The van der Waals surface area contributed by atoms with Crippen LogP contribution in [0.25, 0.3) is 11.0 Å². The number of ether oxygens (including phenoxy) is 1. The van der Waals surface area contributed by atoms with E-state index < -0.39 is 0 Å². The molecule has 7 heteroatoms. The van der Waals surface area contributed by atoms with Gasteiger partial charge in [0.15, 0.2) is 0 Å². The summed E-state index contributed by atoms with van der Waals surface area (Å²) < 4.78 is 7.22. The monoisotopic (exact) mass is 486 g/mol. The van der Waals surface area contributed by atoms with E-state index in [1.54, 1.807) is 0 Å². The Kier molecular flexibility index (Phi) is 8.04. The number of carbonyl (C=O) groups excluding carboxylic acids is 2. The van der Waals surface area contributed by atoms with E-state index in [0.717, 1.165) is 53.8 Å². The van der Waals surface area contributed by atoms with Gasteiger partial charge in [-0.1, -0.05) is 38.3 Å². The molecule has 1 aromatic heterocycles. The fourth-order valence-electron chi connectivity index (χ4n) is 4.98. The molecule has 0 saturated heterocycles. The van der Waals surface area contributed by atoms with Gasteiger partial charge in [0.25, 0.3) is 0 Å². The number of aryl methyl sites for hydroxylation is 1. The molecule has 188 valence electrons. The van der Waals surface area contributed by atoms with Crippen LogP contribution in [0.2, 0.25) is 0 Å². The number of carbonyl (C=O) groups is 2. The van der Waals surface area contributed by atoms with Gasteiger partial charge in [-0.15, -0.1) is 0 Å². The molecule has 0 spiro atoms. The van der Waals surface area contributed by atoms with E-state index in [4.69, 9.17) is 15.0 Å². The smallest absolute Gasteiger partial charge is 0.305 e. The van der Waals surface area contributed by atoms with Crippen LogP contribution in [0.15, 0.2) is 42.5 Å². The summed E-state index contributed by atoms with van der Waals surface area (Å²) in [5.41, 5.74) is 3.87. The molecule has 1 fully saturated rings. The van der Waals surface area contributed by atoms with E-state index in [-0.39, 0.29) is 17.3 Å². The van der Waals surface area contributed by atoms with Gasteiger partial charge in [0.1, 0.15) is 5.82 Å². The van der Waals surface area contributed by atoms with E-state index in [9.17, 15) is 9.59 Å². The summed E-state index contributed by atoms with van der Waals surface area (Å²) in [6.07, 6.45) is 6.81. The number of nitriles is 1. The third-order valence-electron chi connectivity index (χ3n) is 7.10. The summed E-state index contributed by atoms with van der Waals surface area (Å²) in [4.78, 5) is 29.8. The molecule has 1 saturated carbocycles. The highest BCUT2D eigenvalue weighted by molar-refractivity contribution is 5.96. The summed E-state index contributed by atoms with van der Waals surface area (Å²) in [5.74, 6) is 0.756. The van der Waals surface area contributed by atoms with Crippen molar-refractivity contribution in [2.75, 3.05) is 11.9 Å². The molecule has 0 bridgehead atoms. The average molecular weight is 487 g/mol. The summed E-state index contributed by atoms with van der Waals surface area (Å²) in [5, 5.41) is 12.2. The Morgan fingerprint density at radius 1 is 1.14 bits per heavy atom. The summed E-state index contributed by atoms with van der Waals surface area (Å²) >= 11 is 0. The van der Waals surface area contributed by atoms with Crippen molar-refractivity contribution in [3.05, 3.63) is 59.4 Å². The molecule has 1 aliphatic rings. The first-order chi connectivity index (χ1) is 17.4. The number of hydrogen-bond acceptors (Lipinski definition) is 5. The minimum atomic E-state index is -0.319. The highest BCUT2D eigenvalue weighted by Crippen LogP contribution is 2.37. The number of benzene rings is 2. The molecule has 1 N–H and O–H groups in total. The third kappa shape index (κ3) is 5.93. The molecule has 36 heavy (non-hydrogen) atoms. The number of imidazole rings is 1. The maximum atomic E-state index is 13.0. The second-order valence-corrected chi connectivity index (χ2v) is 9.85. The van der Waals surface area contributed by atoms with Gasteiger partial charge in [0.2, 0.25) is 5.91 Å². The predicted octanol–water partition coefficient (Wildman–Crippen LogP) is 5.75. The van der Waals surface area contributed by atoms with Crippen molar-refractivity contribution >= 4 is 28.6 Å². The van der Waals surface area contributed by atoms with E-state index in [1.165, 1.54) is 6.42 Å². The van der Waals surface area contributed by atoms with Gasteiger partial charge in [-0.25, -0.2) is 4.98 Å². The standard InChI is InChI=1S/C29H34N4O3/c1-3-36-27(34)8-7-17-33-25-14-13-23(31-28(35)29(2)15-5-4-6-16-29)19-24(25)32-26(33)18-21-9-11-22(20-30)12-10-21/h9-14,19H,3-8,15-18H2,1-2H3,(H,31,35). The Hall–Kier alpha value is -3.66. The Bertz CT molecular complexity index is 1260. The van der Waals surface area contributed by atoms with Crippen molar-refractivity contribution in [3.8, 4) is 6.07 Å². The first-order valence-electron chi connectivity index (χ1n) is 12.9. The SMILES string of the molecule is CCOC(=O)CCCn1c(Cc2ccc(C#N)cc2)nc2cc(NC(=O)C3(C)CCCCC3)ccc21. The fraction of sp³-hybridized carbons (Fsp3) is 0.448. The quantitative estimate of drug-likeness (QED) is 0.388.